The average Bonchev–Trinajstić information content (AvgIpc) is 3.23. The number of benzene rings is 2. The molecule has 3 aromatic rings. The van der Waals surface area contributed by atoms with Gasteiger partial charge in [0.05, 0.1) is 0 Å². The van der Waals surface area contributed by atoms with E-state index in [1.165, 1.54) is 11.1 Å². The van der Waals surface area contributed by atoms with Crippen LogP contribution in [0.2, 0.25) is 5.02 Å². The molecule has 0 radical (unpaired) electrons. The fourth-order valence-electron chi connectivity index (χ4n) is 3.59. The molecule has 1 amide bonds. The molecule has 0 spiro atoms. The molecule has 30 heavy (non-hydrogen) atoms. The van der Waals surface area contributed by atoms with Crippen LogP contribution >= 0.6 is 22.9 Å². The largest absolute Gasteiger partial charge is 0.352 e. The van der Waals surface area contributed by atoms with Gasteiger partial charge in [-0.15, -0.1) is 10.2 Å². The van der Waals surface area contributed by atoms with Crippen LogP contribution in [0.25, 0.3) is 0 Å². The van der Waals surface area contributed by atoms with Crippen molar-refractivity contribution in [1.82, 2.24) is 15.5 Å². The predicted molar refractivity (Wildman–Crippen MR) is 122 cm³/mol. The molecule has 1 saturated heterocycles. The molecule has 0 saturated carbocycles. The lowest BCUT2D eigenvalue weighted by molar-refractivity contribution is -0.125. The molecule has 0 bridgehead atoms. The summed E-state index contributed by atoms with van der Waals surface area (Å²) in [7, 11) is 0. The van der Waals surface area contributed by atoms with Crippen LogP contribution in [-0.4, -0.2) is 29.2 Å². The molecular weight excluding hydrogens is 416 g/mol. The van der Waals surface area contributed by atoms with Crippen LogP contribution in [0.5, 0.6) is 0 Å². The molecule has 4 rings (SSSR count). The standard InChI is InChI=1S/C23H25ClN4OS/c1-16-2-4-18(5-3-16)15-25-22(29)19-10-12-28(13-11-19)23-27-26-21(30-23)14-17-6-8-20(24)9-7-17/h2-9,19H,10-15H2,1H3,(H,25,29). The number of halogens is 1. The molecule has 0 atom stereocenters. The van der Waals surface area contributed by atoms with Crippen LogP contribution in [0.15, 0.2) is 48.5 Å². The van der Waals surface area contributed by atoms with Gasteiger partial charge >= 0.3 is 0 Å². The van der Waals surface area contributed by atoms with Gasteiger partial charge in [0.1, 0.15) is 5.01 Å². The maximum Gasteiger partial charge on any atom is 0.223 e. The number of amides is 1. The predicted octanol–water partition coefficient (Wildman–Crippen LogP) is 4.62. The van der Waals surface area contributed by atoms with Gasteiger partial charge in [0.15, 0.2) is 0 Å². The molecule has 0 aliphatic carbocycles. The molecule has 0 unspecified atom stereocenters. The smallest absolute Gasteiger partial charge is 0.223 e. The highest BCUT2D eigenvalue weighted by Crippen LogP contribution is 2.27. The molecule has 1 fully saturated rings. The highest BCUT2D eigenvalue weighted by atomic mass is 35.5. The summed E-state index contributed by atoms with van der Waals surface area (Å²) in [5.41, 5.74) is 3.53. The minimum atomic E-state index is 0.0631. The third kappa shape index (κ3) is 5.37. The van der Waals surface area contributed by atoms with Crippen molar-refractivity contribution in [2.75, 3.05) is 18.0 Å². The zero-order valence-corrected chi connectivity index (χ0v) is 18.5. The highest BCUT2D eigenvalue weighted by Gasteiger charge is 2.26. The normalized spacial score (nSPS) is 14.7. The zero-order valence-electron chi connectivity index (χ0n) is 17.0. The monoisotopic (exact) mass is 440 g/mol. The number of rotatable bonds is 6. The molecule has 5 nitrogen and oxygen atoms in total. The van der Waals surface area contributed by atoms with Gasteiger partial charge < -0.3 is 10.2 Å². The number of nitrogens with zero attached hydrogens (tertiary/aromatic N) is 3. The van der Waals surface area contributed by atoms with E-state index in [4.69, 9.17) is 11.6 Å². The minimum absolute atomic E-state index is 0.0631. The minimum Gasteiger partial charge on any atom is -0.352 e. The number of hydrogen-bond acceptors (Lipinski definition) is 5. The Hall–Kier alpha value is -2.44. The summed E-state index contributed by atoms with van der Waals surface area (Å²) in [5, 5.41) is 14.5. The van der Waals surface area contributed by atoms with Crippen LogP contribution in [0, 0.1) is 12.8 Å². The van der Waals surface area contributed by atoms with Crippen molar-refractivity contribution in [3.05, 3.63) is 75.3 Å². The van der Waals surface area contributed by atoms with E-state index in [2.05, 4.69) is 51.6 Å². The summed E-state index contributed by atoms with van der Waals surface area (Å²) < 4.78 is 0. The number of piperidine rings is 1. The molecule has 7 heteroatoms. The van der Waals surface area contributed by atoms with E-state index in [1.807, 2.05) is 24.3 Å². The number of carbonyl (C=O) groups excluding carboxylic acids is 1. The van der Waals surface area contributed by atoms with E-state index in [9.17, 15) is 4.79 Å². The van der Waals surface area contributed by atoms with Gasteiger partial charge in [0.25, 0.3) is 0 Å². The number of carbonyl (C=O) groups is 1. The number of hydrogen-bond donors (Lipinski definition) is 1. The molecular formula is C23H25ClN4OS. The molecule has 2 heterocycles. The Kier molecular flexibility index (Phi) is 6.65. The number of nitrogens with one attached hydrogen (secondary N) is 1. The van der Waals surface area contributed by atoms with Crippen molar-refractivity contribution in [3.63, 3.8) is 0 Å². The molecule has 1 N–H and O–H groups in total. The van der Waals surface area contributed by atoms with E-state index >= 15 is 0 Å². The third-order valence-corrected chi connectivity index (χ3v) is 6.68. The Balaban J connectivity index is 1.26. The van der Waals surface area contributed by atoms with Crippen molar-refractivity contribution < 1.29 is 4.79 Å². The van der Waals surface area contributed by atoms with Crippen molar-refractivity contribution in [2.45, 2.75) is 32.7 Å². The van der Waals surface area contributed by atoms with Gasteiger partial charge in [-0.25, -0.2) is 0 Å². The van der Waals surface area contributed by atoms with E-state index in [1.54, 1.807) is 11.3 Å². The first kappa shape index (κ1) is 20.8. The lowest BCUT2D eigenvalue weighted by Crippen LogP contribution is -2.40. The molecule has 156 valence electrons. The maximum atomic E-state index is 12.5. The van der Waals surface area contributed by atoms with E-state index in [-0.39, 0.29) is 11.8 Å². The Morgan fingerprint density at radius 3 is 2.43 bits per heavy atom. The maximum absolute atomic E-state index is 12.5. The number of aromatic nitrogens is 2. The summed E-state index contributed by atoms with van der Waals surface area (Å²) in [4.78, 5) is 14.8. The highest BCUT2D eigenvalue weighted by molar-refractivity contribution is 7.15. The van der Waals surface area contributed by atoms with Crippen LogP contribution < -0.4 is 10.2 Å². The van der Waals surface area contributed by atoms with Crippen LogP contribution in [-0.2, 0) is 17.8 Å². The lowest BCUT2D eigenvalue weighted by atomic mass is 9.96. The SMILES string of the molecule is Cc1ccc(CNC(=O)C2CCN(c3nnc(Cc4ccc(Cl)cc4)s3)CC2)cc1. The number of anilines is 1. The quantitative estimate of drug-likeness (QED) is 0.607. The topological polar surface area (TPSA) is 58.1 Å². The van der Waals surface area contributed by atoms with Gasteiger partial charge in [0.2, 0.25) is 11.0 Å². The van der Waals surface area contributed by atoms with Crippen LogP contribution in [0.3, 0.4) is 0 Å². The van der Waals surface area contributed by atoms with Crippen LogP contribution in [0.1, 0.15) is 34.5 Å². The van der Waals surface area contributed by atoms with Gasteiger partial charge in [-0.05, 0) is 43.0 Å². The van der Waals surface area contributed by atoms with Gasteiger partial charge in [-0.2, -0.15) is 0 Å². The summed E-state index contributed by atoms with van der Waals surface area (Å²) >= 11 is 7.58. The summed E-state index contributed by atoms with van der Waals surface area (Å²) in [6, 6.07) is 16.1. The number of aryl methyl sites for hydroxylation is 1. The Bertz CT molecular complexity index is 979. The van der Waals surface area contributed by atoms with Crippen molar-refractivity contribution in [1.29, 1.82) is 0 Å². The molecule has 1 aliphatic rings. The Morgan fingerprint density at radius 2 is 1.73 bits per heavy atom. The van der Waals surface area contributed by atoms with Crippen molar-refractivity contribution in [3.8, 4) is 0 Å². The second-order valence-corrected chi connectivity index (χ2v) is 9.22. The van der Waals surface area contributed by atoms with Crippen molar-refractivity contribution >= 4 is 34.0 Å². The van der Waals surface area contributed by atoms with E-state index in [0.717, 1.165) is 53.1 Å². The fourth-order valence-corrected chi connectivity index (χ4v) is 4.64. The van der Waals surface area contributed by atoms with Gasteiger partial charge in [-0.1, -0.05) is 64.9 Å². The fraction of sp³-hybridized carbons (Fsp3) is 0.348. The first-order valence-corrected chi connectivity index (χ1v) is 11.4. The Labute approximate surface area is 186 Å². The zero-order chi connectivity index (χ0) is 20.9. The first-order chi connectivity index (χ1) is 14.6. The van der Waals surface area contributed by atoms with Gasteiger partial charge in [-0.3, -0.25) is 4.79 Å². The third-order valence-electron chi connectivity index (χ3n) is 5.45. The summed E-state index contributed by atoms with van der Waals surface area (Å²) in [6.07, 6.45) is 2.43. The second kappa shape index (κ2) is 9.58. The molecule has 2 aromatic carbocycles. The first-order valence-electron chi connectivity index (χ1n) is 10.2. The van der Waals surface area contributed by atoms with Crippen LogP contribution in [0.4, 0.5) is 5.13 Å². The molecule has 1 aliphatic heterocycles. The van der Waals surface area contributed by atoms with Gasteiger partial charge in [0, 0.05) is 37.0 Å². The second-order valence-electron chi connectivity index (χ2n) is 7.75. The summed E-state index contributed by atoms with van der Waals surface area (Å²) in [6.45, 7) is 4.31. The van der Waals surface area contributed by atoms with E-state index < -0.39 is 0 Å². The van der Waals surface area contributed by atoms with Crippen molar-refractivity contribution in [2.24, 2.45) is 5.92 Å². The Morgan fingerprint density at radius 1 is 1.07 bits per heavy atom. The van der Waals surface area contributed by atoms with E-state index in [0.29, 0.717) is 6.54 Å². The molecule has 1 aromatic heterocycles. The lowest BCUT2D eigenvalue weighted by Gasteiger charge is -2.30. The average molecular weight is 441 g/mol. The summed E-state index contributed by atoms with van der Waals surface area (Å²) in [5.74, 6) is 0.212.